The minimum Gasteiger partial charge on any atom is -0.548 e. The van der Waals surface area contributed by atoms with E-state index in [1.165, 1.54) is 4.68 Å². The van der Waals surface area contributed by atoms with Gasteiger partial charge in [-0.15, -0.1) is 10.2 Å². The monoisotopic (exact) mass is 463 g/mol. The molecule has 0 saturated heterocycles. The van der Waals surface area contributed by atoms with Crippen molar-refractivity contribution >= 4 is 45.6 Å². The number of azo groups is 1. The van der Waals surface area contributed by atoms with Gasteiger partial charge >= 0.3 is 0 Å². The van der Waals surface area contributed by atoms with Gasteiger partial charge in [0.2, 0.25) is 11.0 Å². The summed E-state index contributed by atoms with van der Waals surface area (Å²) in [4.78, 5) is 24.1. The first-order valence-electron chi connectivity index (χ1n) is 9.86. The Balaban J connectivity index is 1.66. The molecule has 0 fully saturated rings. The van der Waals surface area contributed by atoms with Gasteiger partial charge in [0.25, 0.3) is 5.56 Å². The van der Waals surface area contributed by atoms with Crippen LogP contribution in [0.3, 0.4) is 0 Å². The molecule has 2 heterocycles. The van der Waals surface area contributed by atoms with E-state index in [4.69, 9.17) is 12.2 Å². The summed E-state index contributed by atoms with van der Waals surface area (Å²) in [7, 11) is 1.75. The summed E-state index contributed by atoms with van der Waals surface area (Å²) < 4.78 is 4.35. The van der Waals surface area contributed by atoms with Gasteiger partial charge in [-0.05, 0) is 37.3 Å². The van der Waals surface area contributed by atoms with Crippen molar-refractivity contribution in [2.45, 2.75) is 13.5 Å². The molecule has 0 atom stereocenters. The zero-order chi connectivity index (χ0) is 23.7. The summed E-state index contributed by atoms with van der Waals surface area (Å²) in [6.07, 6.45) is 0. The van der Waals surface area contributed by atoms with Gasteiger partial charge in [-0.3, -0.25) is 9.48 Å². The maximum absolute atomic E-state index is 13.0. The highest BCUT2D eigenvalue weighted by atomic mass is 32.1. The van der Waals surface area contributed by atoms with Crippen LogP contribution in [0.25, 0.3) is 16.6 Å². The molecule has 0 bridgehead atoms. The molecule has 0 saturated carbocycles. The second-order valence-corrected chi connectivity index (χ2v) is 7.60. The molecule has 168 valence electrons. The van der Waals surface area contributed by atoms with Crippen LogP contribution in [0.4, 0.5) is 11.4 Å². The summed E-state index contributed by atoms with van der Waals surface area (Å²) in [5.74, 6) is -1.74. The second-order valence-electron chi connectivity index (χ2n) is 7.21. The Morgan fingerprint density at radius 1 is 1.15 bits per heavy atom. The average Bonchev–Trinajstić information content (AvgIpc) is 3.17. The van der Waals surface area contributed by atoms with Crippen LogP contribution in [0, 0.1) is 6.92 Å². The van der Waals surface area contributed by atoms with Crippen LogP contribution >= 0.6 is 12.2 Å². The number of para-hydroxylation sites is 2. The quantitative estimate of drug-likeness (QED) is 0.345. The number of aliphatic carboxylic acids is 1. The van der Waals surface area contributed by atoms with E-state index in [-0.39, 0.29) is 27.9 Å². The Hall–Kier alpha value is -4.25. The number of anilines is 1. The summed E-state index contributed by atoms with van der Waals surface area (Å²) in [5.41, 5.74) is 1.77. The highest BCUT2D eigenvalue weighted by Crippen LogP contribution is 2.38. The van der Waals surface area contributed by atoms with Crippen molar-refractivity contribution in [3.8, 4) is 11.6 Å². The van der Waals surface area contributed by atoms with Crippen molar-refractivity contribution in [2.75, 3.05) is 5.32 Å². The number of hydrogen-bond acceptors (Lipinski definition) is 6. The largest absolute Gasteiger partial charge is 0.548 e. The normalized spacial score (nSPS) is 11.3. The summed E-state index contributed by atoms with van der Waals surface area (Å²) in [6, 6.07) is 15.9. The number of aromatic hydroxyl groups is 1. The zero-order valence-corrected chi connectivity index (χ0v) is 18.5. The first-order valence-corrected chi connectivity index (χ1v) is 10.3. The molecule has 0 amide bonds. The first kappa shape index (κ1) is 22.0. The van der Waals surface area contributed by atoms with Crippen molar-refractivity contribution in [1.82, 2.24) is 13.9 Å². The van der Waals surface area contributed by atoms with Gasteiger partial charge in [-0.2, -0.15) is 0 Å². The van der Waals surface area contributed by atoms with Crippen molar-refractivity contribution in [3.05, 3.63) is 70.6 Å². The lowest BCUT2D eigenvalue weighted by Crippen LogP contribution is -2.27. The van der Waals surface area contributed by atoms with Crippen LogP contribution < -0.4 is 16.0 Å². The van der Waals surface area contributed by atoms with Crippen LogP contribution in [0.5, 0.6) is 5.88 Å². The number of rotatable bonds is 5. The molecule has 2 aromatic heterocycles. The molecular weight excluding hydrogens is 444 g/mol. The Kier molecular flexibility index (Phi) is 5.80. The van der Waals surface area contributed by atoms with Gasteiger partial charge in [0, 0.05) is 12.4 Å². The number of nitrogens with zero attached hydrogens (tertiary/aromatic N) is 5. The van der Waals surface area contributed by atoms with E-state index in [2.05, 4.69) is 15.5 Å². The molecule has 10 nitrogen and oxygen atoms in total. The van der Waals surface area contributed by atoms with E-state index < -0.39 is 12.5 Å². The third kappa shape index (κ3) is 4.01. The Morgan fingerprint density at radius 2 is 1.82 bits per heavy atom. The van der Waals surface area contributed by atoms with E-state index in [9.17, 15) is 19.8 Å². The van der Waals surface area contributed by atoms with Crippen LogP contribution in [0.1, 0.15) is 5.69 Å². The maximum atomic E-state index is 13.0. The number of nitrogens with one attached hydrogen (secondary N) is 1. The van der Waals surface area contributed by atoms with E-state index >= 15 is 0 Å². The van der Waals surface area contributed by atoms with E-state index in [0.717, 1.165) is 4.57 Å². The second kappa shape index (κ2) is 8.71. The lowest BCUT2D eigenvalue weighted by atomic mass is 10.2. The maximum Gasteiger partial charge on any atom is 0.295 e. The van der Waals surface area contributed by atoms with E-state index in [0.29, 0.717) is 22.3 Å². The standard InChI is InChI=1S/C22H20N6O4S/c1-13-18(21(32)28(26(13)2)14-8-4-3-5-9-14)23-22(33)25-24-19-15-10-6-7-11-16(15)27(20(19)31)12-17(29)30/h3-11,31H,12H2,1-2H3,(H,23,33)(H,29,30)/p-1. The highest BCUT2D eigenvalue weighted by molar-refractivity contribution is 7.80. The third-order valence-corrected chi connectivity index (χ3v) is 5.42. The van der Waals surface area contributed by atoms with Gasteiger partial charge < -0.3 is 24.9 Å². The summed E-state index contributed by atoms with van der Waals surface area (Å²) >= 11 is 5.24. The molecule has 0 unspecified atom stereocenters. The fourth-order valence-corrected chi connectivity index (χ4v) is 3.74. The number of fused-ring (bicyclic) bond motifs is 1. The number of aromatic nitrogens is 3. The van der Waals surface area contributed by atoms with Crippen LogP contribution in [0.15, 0.2) is 69.6 Å². The summed E-state index contributed by atoms with van der Waals surface area (Å²) in [6.45, 7) is 1.22. The van der Waals surface area contributed by atoms with Crippen LogP contribution in [-0.2, 0) is 18.4 Å². The number of benzene rings is 2. The van der Waals surface area contributed by atoms with Crippen LogP contribution in [0.2, 0.25) is 0 Å². The van der Waals surface area contributed by atoms with Crippen LogP contribution in [-0.4, -0.2) is 30.1 Å². The van der Waals surface area contributed by atoms with Crippen molar-refractivity contribution in [1.29, 1.82) is 0 Å². The SMILES string of the molecule is Cc1c(NC(=S)N=Nc2c(O)n(CC(=O)[O-])c3ccccc23)c(=O)n(-c2ccccc2)n1C. The van der Waals surface area contributed by atoms with E-state index in [1.54, 1.807) is 42.9 Å². The smallest absolute Gasteiger partial charge is 0.295 e. The number of carboxylic acids is 1. The zero-order valence-electron chi connectivity index (χ0n) is 17.7. The average molecular weight is 463 g/mol. The van der Waals surface area contributed by atoms with Crippen molar-refractivity contribution < 1.29 is 15.0 Å². The predicted octanol–water partition coefficient (Wildman–Crippen LogP) is 2.38. The number of carbonyl (C=O) groups excluding carboxylic acids is 1. The van der Waals surface area contributed by atoms with Gasteiger partial charge in [0.05, 0.1) is 29.4 Å². The summed E-state index contributed by atoms with van der Waals surface area (Å²) in [5, 5.41) is 32.8. The molecule has 0 aliphatic heterocycles. The number of thiocarbonyl (C=S) groups is 1. The number of carboxylic acid groups (broad SMARTS) is 1. The first-order chi connectivity index (χ1) is 15.8. The lowest BCUT2D eigenvalue weighted by molar-refractivity contribution is -0.306. The Morgan fingerprint density at radius 3 is 2.52 bits per heavy atom. The Bertz CT molecular complexity index is 1470. The molecule has 33 heavy (non-hydrogen) atoms. The van der Waals surface area contributed by atoms with Gasteiger partial charge in [-0.25, -0.2) is 4.68 Å². The fourth-order valence-electron chi connectivity index (χ4n) is 3.60. The molecular formula is C22H19N6O4S-. The van der Waals surface area contributed by atoms with E-state index in [1.807, 2.05) is 30.3 Å². The third-order valence-electron chi connectivity index (χ3n) is 5.23. The lowest BCUT2D eigenvalue weighted by Gasteiger charge is -2.07. The molecule has 0 aliphatic carbocycles. The minimum atomic E-state index is -1.36. The number of carbonyl (C=O) groups is 1. The molecule has 2 N–H and O–H groups in total. The molecule has 2 aromatic carbocycles. The molecule has 0 aliphatic rings. The molecule has 4 aromatic rings. The fraction of sp³-hybridized carbons (Fsp3) is 0.136. The van der Waals surface area contributed by atoms with Gasteiger partial charge in [0.1, 0.15) is 5.69 Å². The topological polar surface area (TPSA) is 129 Å². The minimum absolute atomic E-state index is 0.0579. The van der Waals surface area contributed by atoms with Gasteiger partial charge in [0.15, 0.2) is 5.69 Å². The molecule has 0 radical (unpaired) electrons. The van der Waals surface area contributed by atoms with Gasteiger partial charge in [-0.1, -0.05) is 36.4 Å². The van der Waals surface area contributed by atoms with Crippen molar-refractivity contribution in [3.63, 3.8) is 0 Å². The molecule has 0 spiro atoms. The molecule has 11 heteroatoms. The number of hydrogen-bond donors (Lipinski definition) is 2. The highest BCUT2D eigenvalue weighted by Gasteiger charge is 2.18. The molecule has 4 rings (SSSR count). The Labute approximate surface area is 193 Å². The predicted molar refractivity (Wildman–Crippen MR) is 125 cm³/mol. The van der Waals surface area contributed by atoms with Crippen molar-refractivity contribution in [2.24, 2.45) is 17.3 Å².